The fourth-order valence-corrected chi connectivity index (χ4v) is 3.46. The van der Waals surface area contributed by atoms with E-state index in [0.29, 0.717) is 31.3 Å². The Morgan fingerprint density at radius 1 is 1.29 bits per heavy atom. The summed E-state index contributed by atoms with van der Waals surface area (Å²) in [6.07, 6.45) is 5.41. The molecule has 0 aromatic rings. The van der Waals surface area contributed by atoms with E-state index in [0.717, 1.165) is 0 Å². The van der Waals surface area contributed by atoms with Crippen LogP contribution in [0.5, 0.6) is 0 Å². The van der Waals surface area contributed by atoms with E-state index >= 15 is 0 Å². The maximum atomic E-state index is 12.1. The maximum Gasteiger partial charge on any atom is 0.279 e. The lowest BCUT2D eigenvalue weighted by atomic mass is 10.1. The molecule has 0 aromatic carbocycles. The first-order valence-electron chi connectivity index (χ1n) is 6.48. The van der Waals surface area contributed by atoms with Gasteiger partial charge in [0.25, 0.3) is 10.2 Å². The van der Waals surface area contributed by atoms with Gasteiger partial charge in [0, 0.05) is 19.6 Å². The zero-order chi connectivity index (χ0) is 12.5. The second kappa shape index (κ2) is 5.22. The van der Waals surface area contributed by atoms with E-state index in [1.54, 1.807) is 7.05 Å². The predicted molar refractivity (Wildman–Crippen MR) is 67.6 cm³/mol. The van der Waals surface area contributed by atoms with Crippen molar-refractivity contribution in [3.63, 3.8) is 0 Å². The van der Waals surface area contributed by atoms with Crippen molar-refractivity contribution in [2.45, 2.75) is 38.1 Å². The molecule has 2 aliphatic rings. The zero-order valence-electron chi connectivity index (χ0n) is 10.4. The van der Waals surface area contributed by atoms with Crippen LogP contribution in [0.3, 0.4) is 0 Å². The van der Waals surface area contributed by atoms with E-state index in [1.807, 2.05) is 0 Å². The normalized spacial score (nSPS) is 21.4. The highest BCUT2D eigenvalue weighted by Gasteiger charge is 2.43. The summed E-state index contributed by atoms with van der Waals surface area (Å²) in [5, 5.41) is 0. The van der Waals surface area contributed by atoms with Gasteiger partial charge in [-0.25, -0.2) is 0 Å². The van der Waals surface area contributed by atoms with Gasteiger partial charge < -0.3 is 5.73 Å². The third-order valence-corrected chi connectivity index (χ3v) is 5.21. The summed E-state index contributed by atoms with van der Waals surface area (Å²) in [5.74, 6) is 1.17. The Kier molecular flexibility index (Phi) is 4.07. The summed E-state index contributed by atoms with van der Waals surface area (Å²) in [4.78, 5) is 0. The molecular weight excluding hydrogens is 238 g/mol. The number of rotatable bonds is 8. The number of hydrogen-bond acceptors (Lipinski definition) is 3. The molecule has 0 aliphatic heterocycles. The Balaban J connectivity index is 1.90. The van der Waals surface area contributed by atoms with Gasteiger partial charge in [0.15, 0.2) is 0 Å². The monoisotopic (exact) mass is 261 g/mol. The average molecular weight is 261 g/mol. The summed E-state index contributed by atoms with van der Waals surface area (Å²) < 4.78 is 28.4. The van der Waals surface area contributed by atoms with Crippen LogP contribution < -0.4 is 10.5 Å². The van der Waals surface area contributed by atoms with Crippen molar-refractivity contribution in [3.05, 3.63) is 0 Å². The van der Waals surface area contributed by atoms with Crippen LogP contribution >= 0.6 is 0 Å². The fraction of sp³-hybridized carbons (Fsp3) is 1.00. The van der Waals surface area contributed by atoms with Gasteiger partial charge in [0.2, 0.25) is 0 Å². The first kappa shape index (κ1) is 13.3. The third kappa shape index (κ3) is 3.64. The maximum absolute atomic E-state index is 12.1. The number of hydrogen-bond donors (Lipinski definition) is 2. The molecule has 5 nitrogen and oxygen atoms in total. The van der Waals surface area contributed by atoms with Crippen molar-refractivity contribution in [2.24, 2.45) is 17.6 Å². The highest BCUT2D eigenvalue weighted by molar-refractivity contribution is 7.87. The molecule has 6 heteroatoms. The third-order valence-electron chi connectivity index (χ3n) is 3.63. The van der Waals surface area contributed by atoms with E-state index < -0.39 is 10.2 Å². The lowest BCUT2D eigenvalue weighted by molar-refractivity contribution is 0.417. The number of nitrogens with one attached hydrogen (secondary N) is 1. The highest BCUT2D eigenvalue weighted by atomic mass is 32.2. The van der Waals surface area contributed by atoms with Gasteiger partial charge in [0.05, 0.1) is 0 Å². The second-order valence-electron chi connectivity index (χ2n) is 5.29. The first-order valence-corrected chi connectivity index (χ1v) is 7.92. The molecule has 2 rings (SSSR count). The van der Waals surface area contributed by atoms with Crippen LogP contribution in [-0.2, 0) is 10.2 Å². The molecule has 2 fully saturated rings. The van der Waals surface area contributed by atoms with E-state index in [4.69, 9.17) is 5.73 Å². The number of nitrogens with zero attached hydrogens (tertiary/aromatic N) is 1. The SMILES string of the molecule is CN(CCCN)S(=O)(=O)NC(C1CC1)C1CC1. The Labute approximate surface area is 104 Å². The van der Waals surface area contributed by atoms with Crippen LogP contribution in [0.15, 0.2) is 0 Å². The minimum atomic E-state index is -3.31. The highest BCUT2D eigenvalue weighted by Crippen LogP contribution is 2.44. The minimum Gasteiger partial charge on any atom is -0.330 e. The lowest BCUT2D eigenvalue weighted by Crippen LogP contribution is -2.46. The molecule has 0 aromatic heterocycles. The van der Waals surface area contributed by atoms with Gasteiger partial charge in [0.1, 0.15) is 0 Å². The molecule has 2 saturated carbocycles. The summed E-state index contributed by atoms with van der Waals surface area (Å²) in [6.45, 7) is 1.02. The predicted octanol–water partition coefficient (Wildman–Crippen LogP) is 0.290. The fourth-order valence-electron chi connectivity index (χ4n) is 2.18. The van der Waals surface area contributed by atoms with Crippen LogP contribution in [0.4, 0.5) is 0 Å². The van der Waals surface area contributed by atoms with Crippen LogP contribution in [0.1, 0.15) is 32.1 Å². The average Bonchev–Trinajstić information content (AvgIpc) is 3.16. The van der Waals surface area contributed by atoms with Crippen molar-refractivity contribution >= 4 is 10.2 Å². The topological polar surface area (TPSA) is 75.4 Å². The van der Waals surface area contributed by atoms with Crippen LogP contribution in [-0.4, -0.2) is 38.9 Å². The summed E-state index contributed by atoms with van der Waals surface area (Å²) in [7, 11) is -1.69. The summed E-state index contributed by atoms with van der Waals surface area (Å²) in [5.41, 5.74) is 5.40. The molecule has 0 saturated heterocycles. The molecule has 100 valence electrons. The largest absolute Gasteiger partial charge is 0.330 e. The molecule has 0 bridgehead atoms. The number of nitrogens with two attached hydrogens (primary N) is 1. The zero-order valence-corrected chi connectivity index (χ0v) is 11.2. The Morgan fingerprint density at radius 2 is 1.82 bits per heavy atom. The molecular formula is C11H23N3O2S. The molecule has 0 unspecified atom stereocenters. The summed E-state index contributed by atoms with van der Waals surface area (Å²) in [6, 6.07) is 0.181. The lowest BCUT2D eigenvalue weighted by Gasteiger charge is -2.23. The van der Waals surface area contributed by atoms with E-state index in [2.05, 4.69) is 4.72 Å². The molecule has 0 atom stereocenters. The van der Waals surface area contributed by atoms with Gasteiger partial charge in [-0.05, 0) is 50.5 Å². The molecule has 0 spiro atoms. The standard InChI is InChI=1S/C11H23N3O2S/c1-14(8-2-7-12)17(15,16)13-11(9-3-4-9)10-5-6-10/h9-11,13H,2-8,12H2,1H3. The van der Waals surface area contributed by atoms with Crippen molar-refractivity contribution in [3.8, 4) is 0 Å². The van der Waals surface area contributed by atoms with E-state index in [9.17, 15) is 8.42 Å². The molecule has 17 heavy (non-hydrogen) atoms. The van der Waals surface area contributed by atoms with Gasteiger partial charge >= 0.3 is 0 Å². The Bertz CT molecular complexity index is 338. The summed E-state index contributed by atoms with van der Waals surface area (Å²) >= 11 is 0. The van der Waals surface area contributed by atoms with Gasteiger partial charge in [-0.3, -0.25) is 0 Å². The molecule has 0 radical (unpaired) electrons. The quantitative estimate of drug-likeness (QED) is 0.659. The van der Waals surface area contributed by atoms with Crippen LogP contribution in [0.2, 0.25) is 0 Å². The second-order valence-corrected chi connectivity index (χ2v) is 7.10. The van der Waals surface area contributed by atoms with E-state index in [1.165, 1.54) is 30.0 Å². The first-order chi connectivity index (χ1) is 8.04. The minimum absolute atomic E-state index is 0.181. The van der Waals surface area contributed by atoms with Crippen LogP contribution in [0.25, 0.3) is 0 Å². The smallest absolute Gasteiger partial charge is 0.279 e. The van der Waals surface area contributed by atoms with Gasteiger partial charge in [-0.2, -0.15) is 17.4 Å². The molecule has 0 amide bonds. The molecule has 0 heterocycles. The van der Waals surface area contributed by atoms with Crippen molar-refractivity contribution in [1.29, 1.82) is 0 Å². The van der Waals surface area contributed by atoms with Crippen molar-refractivity contribution in [2.75, 3.05) is 20.1 Å². The Hall–Kier alpha value is -0.170. The van der Waals surface area contributed by atoms with Gasteiger partial charge in [-0.15, -0.1) is 0 Å². The van der Waals surface area contributed by atoms with Crippen molar-refractivity contribution in [1.82, 2.24) is 9.03 Å². The van der Waals surface area contributed by atoms with Crippen LogP contribution in [0, 0.1) is 11.8 Å². The van der Waals surface area contributed by atoms with E-state index in [-0.39, 0.29) is 6.04 Å². The van der Waals surface area contributed by atoms with Crippen molar-refractivity contribution < 1.29 is 8.42 Å². The molecule has 2 aliphatic carbocycles. The molecule has 3 N–H and O–H groups in total. The van der Waals surface area contributed by atoms with Gasteiger partial charge in [-0.1, -0.05) is 0 Å². The Morgan fingerprint density at radius 3 is 2.24 bits per heavy atom.